The molecule has 0 bridgehead atoms. The summed E-state index contributed by atoms with van der Waals surface area (Å²) in [6.07, 6.45) is 0. The fraction of sp³-hybridized carbons (Fsp3) is 0.0744. The molecule has 7 aromatic heterocycles. The highest BCUT2D eigenvalue weighted by Crippen LogP contribution is 2.48. The molecule has 1 N–H and O–H groups in total. The predicted octanol–water partition coefficient (Wildman–Crippen LogP) is 37.8. The van der Waals surface area contributed by atoms with E-state index < -0.39 is 0 Å². The lowest BCUT2D eigenvalue weighted by Gasteiger charge is -2.26. The number of nitrogens with zero attached hydrogens (tertiary/aromatic N) is 2. The summed E-state index contributed by atoms with van der Waals surface area (Å²) in [5, 5.41) is 15.0. The molecule has 0 aliphatic heterocycles. The van der Waals surface area contributed by atoms with Gasteiger partial charge in [0.05, 0.1) is 0 Å². The number of benzene rings is 17. The molecule has 12 heteroatoms. The number of rotatable bonds is 18. The topological polar surface area (TPSA) is 110 Å². The second kappa shape index (κ2) is 35.4. The number of para-hydroxylation sites is 3. The van der Waals surface area contributed by atoms with Crippen molar-refractivity contribution in [2.75, 3.05) is 15.1 Å². The lowest BCUT2D eigenvalue weighted by atomic mass is 10.0. The summed E-state index contributed by atoms with van der Waals surface area (Å²) in [6, 6.07) is 141. The molecule has 0 amide bonds. The van der Waals surface area contributed by atoms with Crippen LogP contribution in [0.5, 0.6) is 0 Å². The van der Waals surface area contributed by atoms with Gasteiger partial charge in [-0.25, -0.2) is 0 Å². The summed E-state index contributed by atoms with van der Waals surface area (Å²) in [6.45, 7) is 13.3. The Hall–Kier alpha value is -15.6. The van der Waals surface area contributed by atoms with Crippen molar-refractivity contribution < 1.29 is 30.9 Å². The highest BCUT2D eigenvalue weighted by molar-refractivity contribution is 9.10. The summed E-state index contributed by atoms with van der Waals surface area (Å²) < 4.78 is 47.0. The van der Waals surface area contributed by atoms with Gasteiger partial charge in [0.15, 0.2) is 0 Å². The molecule has 0 aliphatic carbocycles. The van der Waals surface area contributed by atoms with Crippen molar-refractivity contribution in [2.24, 2.45) is 0 Å². The minimum absolute atomic E-state index is 0.430. The van der Waals surface area contributed by atoms with Crippen molar-refractivity contribution in [1.29, 1.82) is 0 Å². The van der Waals surface area contributed by atoms with Crippen LogP contribution in [0.3, 0.4) is 0 Å². The minimum Gasteiger partial charge on any atom is -0.456 e. The van der Waals surface area contributed by atoms with E-state index in [1.54, 1.807) is 0 Å². The zero-order chi connectivity index (χ0) is 89.9. The molecular weight excluding hydrogens is 1770 g/mol. The summed E-state index contributed by atoms with van der Waals surface area (Å²) in [4.78, 5) is 4.60. The minimum atomic E-state index is 0.430. The Balaban J connectivity index is 0.000000151. The van der Waals surface area contributed by atoms with E-state index in [-0.39, 0.29) is 0 Å². The Morgan fingerprint density at radius 1 is 0.203 bits per heavy atom. The highest BCUT2D eigenvalue weighted by atomic mass is 79.9. The van der Waals surface area contributed by atoms with Crippen molar-refractivity contribution in [2.45, 2.75) is 59.3 Å². The van der Waals surface area contributed by atoms with Crippen LogP contribution >= 0.6 is 31.9 Å². The van der Waals surface area contributed by atoms with Gasteiger partial charge in [-0.15, -0.1) is 0 Å². The number of halogens is 2. The van der Waals surface area contributed by atoms with Crippen molar-refractivity contribution in [3.8, 4) is 79.3 Å². The normalized spacial score (nSPS) is 11.7. The molecule has 0 aliphatic rings. The zero-order valence-corrected chi connectivity index (χ0v) is 77.1. The van der Waals surface area contributed by atoms with E-state index in [0.717, 1.165) is 232 Å². The van der Waals surface area contributed by atoms with Gasteiger partial charge >= 0.3 is 0 Å². The molecule has 0 saturated carbocycles. The number of hydrogen-bond acceptors (Lipinski definition) is 10. The number of hydrogen-bond donors (Lipinski definition) is 1. The number of fused-ring (bicyclic) bond motifs is 15. The maximum absolute atomic E-state index is 6.89. The molecule has 0 saturated heterocycles. The fourth-order valence-electron chi connectivity index (χ4n) is 17.9. The van der Waals surface area contributed by atoms with Crippen LogP contribution < -0.4 is 15.1 Å². The Bertz CT molecular complexity index is 7840. The van der Waals surface area contributed by atoms with Crippen molar-refractivity contribution in [3.05, 3.63) is 432 Å². The molecule has 0 radical (unpaired) electrons. The Morgan fingerprint density at radius 3 is 0.654 bits per heavy atom. The number of nitrogens with one attached hydrogen (secondary N) is 1. The van der Waals surface area contributed by atoms with E-state index in [0.29, 0.717) is 17.8 Å². The molecule has 7 heterocycles. The third kappa shape index (κ3) is 16.5. The summed E-state index contributed by atoms with van der Waals surface area (Å²) in [5.74, 6) is 7.28. The standard InChI is InChI=1S/C72H54N2O4.C26H14Br2O2.C23H21NO/c1-45(2)47-17-29-55(30-18-47)73(57-33-21-49(22-34-57)67-41-53-11-5-9-15-65(53)75-67)59-37-25-51(26-38-59)69-43-63-64-44-70(78-72(64)62-14-8-7-13-61(62)71(63)77-69)52-27-39-60(40-28-52)74(56-31-19-48(20-32-56)46(3)4)58-35-23-50(24-36-58)68-42-54-12-6-10-16-66(54)76-68;27-17-9-5-15(6-10-17)23-13-21-22-14-24(16-7-11-18(28)12-8-16)30-26(22)20-4-2-1-3-19(20)25(21)29-23;1-16(2)17-7-11-20(12-8-17)24-21-13-9-18(10-14-21)23-15-19-5-3-4-6-22(19)25-23/h5-46H,1-4H3;1-14H;3-16,24H,1-2H3. The van der Waals surface area contributed by atoms with Crippen molar-refractivity contribution in [1.82, 2.24) is 0 Å². The molecule has 10 nitrogen and oxygen atoms in total. The molecule has 0 unspecified atom stereocenters. The van der Waals surface area contributed by atoms with E-state index in [9.17, 15) is 0 Å². The zero-order valence-electron chi connectivity index (χ0n) is 73.9. The molecule has 0 atom stereocenters. The molecule has 24 aromatic rings. The lowest BCUT2D eigenvalue weighted by molar-refractivity contribution is 0.631. The number of furan rings is 7. The maximum Gasteiger partial charge on any atom is 0.143 e. The lowest BCUT2D eigenvalue weighted by Crippen LogP contribution is -2.10. The van der Waals surface area contributed by atoms with Gasteiger partial charge < -0.3 is 46.0 Å². The van der Waals surface area contributed by atoms with Gasteiger partial charge in [0.2, 0.25) is 0 Å². The quantitative estimate of drug-likeness (QED) is 0.0892. The maximum atomic E-state index is 6.89. The SMILES string of the molecule is Brc1ccc(-c2cc3c4cc(-c5ccc(Br)cc5)oc4c4ccccc4c3o2)cc1.CC(C)c1ccc(N(c2ccc(-c3cc4ccccc4o3)cc2)c2ccc(-c3cc4c5cc(-c6ccc(N(c7ccc(-c8cc9ccccc9o8)cc7)c7ccc(C(C)C)cc7)cc6)oc5c5ccccc5c4o3)cc2)cc1.CC(C)c1ccc(Nc2ccc(-c3cc4ccccc4o3)cc2)cc1. The number of anilines is 8. The van der Waals surface area contributed by atoms with E-state index in [1.807, 2.05) is 91.0 Å². The average Bonchev–Trinajstić information content (AvgIpc) is 1.58. The molecule has 644 valence electrons. The van der Waals surface area contributed by atoms with Crippen LogP contribution in [0.2, 0.25) is 0 Å². The Labute approximate surface area is 786 Å². The molecular formula is C121H89Br2N3O7. The van der Waals surface area contributed by atoms with Gasteiger partial charge in [-0.2, -0.15) is 0 Å². The molecule has 17 aromatic carbocycles. The van der Waals surface area contributed by atoms with Crippen LogP contribution in [-0.4, -0.2) is 0 Å². The van der Waals surface area contributed by atoms with Gasteiger partial charge in [-0.3, -0.25) is 0 Å². The van der Waals surface area contributed by atoms with Crippen LogP contribution in [-0.2, 0) is 0 Å². The first-order valence-electron chi connectivity index (χ1n) is 45.0. The smallest absolute Gasteiger partial charge is 0.143 e. The third-order valence-corrected chi connectivity index (χ3v) is 26.2. The first-order valence-corrected chi connectivity index (χ1v) is 46.6. The molecule has 0 fully saturated rings. The summed E-state index contributed by atoms with van der Waals surface area (Å²) in [5.41, 5.74) is 25.7. The first kappa shape index (κ1) is 83.0. The summed E-state index contributed by atoms with van der Waals surface area (Å²) in [7, 11) is 0. The van der Waals surface area contributed by atoms with Crippen LogP contribution in [0, 0.1) is 0 Å². The summed E-state index contributed by atoms with van der Waals surface area (Å²) >= 11 is 7.00. The van der Waals surface area contributed by atoms with E-state index in [4.69, 9.17) is 30.9 Å². The van der Waals surface area contributed by atoms with Crippen molar-refractivity contribution >= 4 is 176 Å². The van der Waals surface area contributed by atoms with Gasteiger partial charge in [0, 0.05) is 153 Å². The second-order valence-electron chi connectivity index (χ2n) is 34.8. The van der Waals surface area contributed by atoms with E-state index in [1.165, 1.54) is 16.7 Å². The Kier molecular flexibility index (Phi) is 22.1. The van der Waals surface area contributed by atoms with E-state index >= 15 is 0 Å². The molecule has 133 heavy (non-hydrogen) atoms. The van der Waals surface area contributed by atoms with Gasteiger partial charge in [-0.1, -0.05) is 237 Å². The van der Waals surface area contributed by atoms with Gasteiger partial charge in [0.25, 0.3) is 0 Å². The van der Waals surface area contributed by atoms with Gasteiger partial charge in [-0.05, 0) is 277 Å². The largest absolute Gasteiger partial charge is 0.456 e. The van der Waals surface area contributed by atoms with Crippen LogP contribution in [0.25, 0.3) is 178 Å². The van der Waals surface area contributed by atoms with Crippen LogP contribution in [0.1, 0.15) is 76.0 Å². The van der Waals surface area contributed by atoms with Crippen molar-refractivity contribution in [3.63, 3.8) is 0 Å². The first-order chi connectivity index (χ1) is 65.1. The van der Waals surface area contributed by atoms with E-state index in [2.05, 4.69) is 404 Å². The molecule has 24 rings (SSSR count). The average molecular weight is 1860 g/mol. The Morgan fingerprint density at radius 2 is 0.406 bits per heavy atom. The highest BCUT2D eigenvalue weighted by Gasteiger charge is 2.25. The fourth-order valence-corrected chi connectivity index (χ4v) is 18.5. The molecule has 0 spiro atoms. The third-order valence-electron chi connectivity index (χ3n) is 25.2. The van der Waals surface area contributed by atoms with Gasteiger partial charge in [0.1, 0.15) is 79.4 Å². The monoisotopic (exact) mass is 1850 g/mol. The predicted molar refractivity (Wildman–Crippen MR) is 558 cm³/mol. The van der Waals surface area contributed by atoms with Crippen LogP contribution in [0.15, 0.2) is 446 Å². The van der Waals surface area contributed by atoms with Crippen LogP contribution in [0.4, 0.5) is 45.5 Å². The second-order valence-corrected chi connectivity index (χ2v) is 36.6.